The Kier molecular flexibility index (Phi) is 6.33. The monoisotopic (exact) mass is 335 g/mol. The second-order valence-corrected chi connectivity index (χ2v) is 7.40. The van der Waals surface area contributed by atoms with Gasteiger partial charge in [0.15, 0.2) is 0 Å². The predicted octanol–water partition coefficient (Wildman–Crippen LogP) is 2.67. The summed E-state index contributed by atoms with van der Waals surface area (Å²) in [6.45, 7) is 9.09. The number of carbonyl (C=O) groups is 2. The maximum absolute atomic E-state index is 12.8. The van der Waals surface area contributed by atoms with Gasteiger partial charge >= 0.3 is 6.03 Å². The highest BCUT2D eigenvalue weighted by molar-refractivity contribution is 8.00. The third-order valence-electron chi connectivity index (χ3n) is 3.66. The maximum atomic E-state index is 12.8. The summed E-state index contributed by atoms with van der Waals surface area (Å²) in [5.41, 5.74) is 0.762. The zero-order chi connectivity index (χ0) is 16.8. The Labute approximate surface area is 142 Å². The molecule has 0 aromatic heterocycles. The van der Waals surface area contributed by atoms with E-state index in [1.165, 1.54) is 0 Å². The first-order chi connectivity index (χ1) is 11.0. The van der Waals surface area contributed by atoms with Gasteiger partial charge in [-0.2, -0.15) is 0 Å². The van der Waals surface area contributed by atoms with Gasteiger partial charge in [-0.05, 0) is 19.1 Å². The van der Waals surface area contributed by atoms with E-state index in [1.807, 2.05) is 36.1 Å². The third-order valence-corrected chi connectivity index (χ3v) is 4.74. The van der Waals surface area contributed by atoms with Crippen LogP contribution in [0.3, 0.4) is 0 Å². The molecule has 126 valence electrons. The van der Waals surface area contributed by atoms with Gasteiger partial charge in [0.05, 0.1) is 5.56 Å². The highest BCUT2D eigenvalue weighted by Gasteiger charge is 2.25. The van der Waals surface area contributed by atoms with Gasteiger partial charge in [0, 0.05) is 42.9 Å². The fourth-order valence-electron chi connectivity index (χ4n) is 2.55. The van der Waals surface area contributed by atoms with Gasteiger partial charge in [0.2, 0.25) is 0 Å². The number of hydrogen-bond donors (Lipinski definition) is 1. The van der Waals surface area contributed by atoms with Crippen molar-refractivity contribution < 1.29 is 9.59 Å². The maximum Gasteiger partial charge on any atom is 0.317 e. The molecule has 1 aromatic carbocycles. The average molecular weight is 335 g/mol. The molecule has 1 aliphatic heterocycles. The van der Waals surface area contributed by atoms with Gasteiger partial charge in [0.25, 0.3) is 5.91 Å². The van der Waals surface area contributed by atoms with Gasteiger partial charge in [0.1, 0.15) is 0 Å². The molecule has 1 aromatic rings. The molecule has 5 nitrogen and oxygen atoms in total. The van der Waals surface area contributed by atoms with Gasteiger partial charge in [-0.25, -0.2) is 4.79 Å². The Morgan fingerprint density at radius 2 is 1.74 bits per heavy atom. The Balaban J connectivity index is 2.01. The van der Waals surface area contributed by atoms with E-state index in [9.17, 15) is 9.59 Å². The van der Waals surface area contributed by atoms with Crippen LogP contribution in [0.5, 0.6) is 0 Å². The normalized spacial score (nSPS) is 15.0. The van der Waals surface area contributed by atoms with E-state index in [4.69, 9.17) is 0 Å². The lowest BCUT2D eigenvalue weighted by Gasteiger charge is -2.35. The Morgan fingerprint density at radius 3 is 2.35 bits per heavy atom. The minimum Gasteiger partial charge on any atom is -0.338 e. The highest BCUT2D eigenvalue weighted by atomic mass is 32.2. The lowest BCUT2D eigenvalue weighted by Crippen LogP contribution is -2.53. The predicted molar refractivity (Wildman–Crippen MR) is 94.0 cm³/mol. The second kappa shape index (κ2) is 8.24. The summed E-state index contributed by atoms with van der Waals surface area (Å²) in [5.74, 6) is 0.0595. The summed E-state index contributed by atoms with van der Waals surface area (Å²) in [5, 5.41) is 3.23. The molecule has 1 aliphatic rings. The van der Waals surface area contributed by atoms with Crippen LogP contribution in [-0.4, -0.2) is 59.7 Å². The van der Waals surface area contributed by atoms with Crippen molar-refractivity contribution in [2.75, 3.05) is 32.7 Å². The van der Waals surface area contributed by atoms with Crippen molar-refractivity contribution >= 4 is 23.7 Å². The van der Waals surface area contributed by atoms with Crippen LogP contribution in [0.15, 0.2) is 29.2 Å². The van der Waals surface area contributed by atoms with Gasteiger partial charge in [-0.3, -0.25) is 4.79 Å². The Morgan fingerprint density at radius 1 is 1.13 bits per heavy atom. The summed E-state index contributed by atoms with van der Waals surface area (Å²) in [4.78, 5) is 29.3. The molecule has 6 heteroatoms. The van der Waals surface area contributed by atoms with Crippen molar-refractivity contribution in [2.24, 2.45) is 0 Å². The van der Waals surface area contributed by atoms with Crippen LogP contribution in [0.2, 0.25) is 0 Å². The van der Waals surface area contributed by atoms with Crippen LogP contribution in [0.4, 0.5) is 4.79 Å². The number of hydrogen-bond acceptors (Lipinski definition) is 3. The second-order valence-electron chi connectivity index (χ2n) is 5.78. The first-order valence-electron chi connectivity index (χ1n) is 8.10. The number of piperazine rings is 1. The smallest absolute Gasteiger partial charge is 0.317 e. The molecule has 1 fully saturated rings. The van der Waals surface area contributed by atoms with E-state index in [0.29, 0.717) is 38.0 Å². The minimum absolute atomic E-state index is 0.0460. The highest BCUT2D eigenvalue weighted by Crippen LogP contribution is 2.27. The van der Waals surface area contributed by atoms with Crippen LogP contribution >= 0.6 is 11.8 Å². The van der Waals surface area contributed by atoms with Crippen molar-refractivity contribution in [3.63, 3.8) is 0 Å². The van der Waals surface area contributed by atoms with Crippen molar-refractivity contribution in [1.29, 1.82) is 0 Å². The molecule has 0 unspecified atom stereocenters. The summed E-state index contributed by atoms with van der Waals surface area (Å²) in [6.07, 6.45) is 0. The van der Waals surface area contributed by atoms with Crippen LogP contribution < -0.4 is 5.32 Å². The molecule has 23 heavy (non-hydrogen) atoms. The number of thioether (sulfide) groups is 1. The van der Waals surface area contributed by atoms with Crippen molar-refractivity contribution in [1.82, 2.24) is 15.1 Å². The molecule has 0 saturated carbocycles. The fraction of sp³-hybridized carbons (Fsp3) is 0.529. The van der Waals surface area contributed by atoms with E-state index in [0.717, 1.165) is 10.5 Å². The Hall–Kier alpha value is -1.69. The molecule has 1 heterocycles. The van der Waals surface area contributed by atoms with Gasteiger partial charge in [-0.15, -0.1) is 11.8 Å². The van der Waals surface area contributed by atoms with Gasteiger partial charge in [-0.1, -0.05) is 26.0 Å². The van der Waals surface area contributed by atoms with Crippen LogP contribution in [0, 0.1) is 0 Å². The summed E-state index contributed by atoms with van der Waals surface area (Å²) in [6, 6.07) is 7.72. The molecule has 0 spiro atoms. The van der Waals surface area contributed by atoms with E-state index in [-0.39, 0.29) is 11.9 Å². The number of nitrogens with one attached hydrogen (secondary N) is 1. The van der Waals surface area contributed by atoms with Crippen molar-refractivity contribution in [2.45, 2.75) is 30.9 Å². The number of amides is 3. The van der Waals surface area contributed by atoms with Crippen LogP contribution in [0.25, 0.3) is 0 Å². The van der Waals surface area contributed by atoms with Gasteiger partial charge < -0.3 is 15.1 Å². The van der Waals surface area contributed by atoms with Crippen molar-refractivity contribution in [3.05, 3.63) is 29.8 Å². The molecule has 2 rings (SSSR count). The summed E-state index contributed by atoms with van der Waals surface area (Å²) in [7, 11) is 0. The molecule has 0 atom stereocenters. The molecule has 1 saturated heterocycles. The SMILES string of the molecule is CCNC(=O)N1CCN(C(=O)c2ccccc2SC(C)C)CC1. The topological polar surface area (TPSA) is 52.7 Å². The standard InChI is InChI=1S/C17H25N3O2S/c1-4-18-17(22)20-11-9-19(10-12-20)16(21)14-7-5-6-8-15(14)23-13(2)3/h5-8,13H,4,9-12H2,1-3H3,(H,18,22). The van der Waals surface area contributed by atoms with Crippen molar-refractivity contribution in [3.8, 4) is 0 Å². The lowest BCUT2D eigenvalue weighted by molar-refractivity contribution is 0.0662. The molecule has 3 amide bonds. The molecule has 0 aliphatic carbocycles. The summed E-state index contributed by atoms with van der Waals surface area (Å²) >= 11 is 1.71. The number of rotatable bonds is 4. The lowest BCUT2D eigenvalue weighted by atomic mass is 10.2. The molecule has 0 bridgehead atoms. The van der Waals surface area contributed by atoms with E-state index in [2.05, 4.69) is 19.2 Å². The average Bonchev–Trinajstić information content (AvgIpc) is 2.54. The number of carbonyl (C=O) groups excluding carboxylic acids is 2. The summed E-state index contributed by atoms with van der Waals surface area (Å²) < 4.78 is 0. The fourth-order valence-corrected chi connectivity index (χ4v) is 3.49. The molecule has 0 radical (unpaired) electrons. The van der Waals surface area contributed by atoms with E-state index < -0.39 is 0 Å². The quantitative estimate of drug-likeness (QED) is 0.861. The van der Waals surface area contributed by atoms with E-state index >= 15 is 0 Å². The zero-order valence-corrected chi connectivity index (χ0v) is 14.9. The zero-order valence-electron chi connectivity index (χ0n) is 14.0. The van der Waals surface area contributed by atoms with Crippen LogP contribution in [-0.2, 0) is 0 Å². The largest absolute Gasteiger partial charge is 0.338 e. The number of benzene rings is 1. The molecule has 1 N–H and O–H groups in total. The first-order valence-corrected chi connectivity index (χ1v) is 8.98. The number of nitrogens with zero attached hydrogens (tertiary/aromatic N) is 2. The third kappa shape index (κ3) is 4.64. The minimum atomic E-state index is -0.0460. The molecular formula is C17H25N3O2S. The Bertz CT molecular complexity index is 555. The number of urea groups is 1. The van der Waals surface area contributed by atoms with Crippen LogP contribution in [0.1, 0.15) is 31.1 Å². The molecular weight excluding hydrogens is 310 g/mol. The first kappa shape index (κ1) is 17.7. The van der Waals surface area contributed by atoms with E-state index in [1.54, 1.807) is 16.7 Å².